The van der Waals surface area contributed by atoms with Crippen LogP contribution in [0.4, 0.5) is 0 Å². The Kier molecular flexibility index (Phi) is 6.07. The van der Waals surface area contributed by atoms with Crippen LogP contribution >= 0.6 is 11.8 Å². The number of hydrogen-bond donors (Lipinski definition) is 0. The fraction of sp³-hybridized carbons (Fsp3) is 0.357. The number of rotatable bonds is 4. The number of nitrogens with zero attached hydrogens (tertiary/aromatic N) is 3. The van der Waals surface area contributed by atoms with Crippen LogP contribution in [0.3, 0.4) is 0 Å². The first kappa shape index (κ1) is 16.6. The lowest BCUT2D eigenvalue weighted by Crippen LogP contribution is -2.25. The number of amides is 1. The van der Waals surface area contributed by atoms with Gasteiger partial charge in [0.15, 0.2) is 0 Å². The maximum atomic E-state index is 11.5. The lowest BCUT2D eigenvalue weighted by atomic mass is 10.1. The standard InChI is InChI=1S/C14H19N3OSSi/c1-11-6-5-7-12(8-11)14(17-13(18)9-16-15)19-10-20(2,3)4/h5-9H,10H2,1-4H3. The maximum Gasteiger partial charge on any atom is 0.352 e. The van der Waals surface area contributed by atoms with Crippen LogP contribution in [0.1, 0.15) is 11.1 Å². The highest BCUT2D eigenvalue weighted by Crippen LogP contribution is 2.19. The number of thioether (sulfide) groups is 1. The smallest absolute Gasteiger partial charge is 0.352 e. The lowest BCUT2D eigenvalue weighted by molar-refractivity contribution is -0.114. The molecule has 20 heavy (non-hydrogen) atoms. The molecule has 0 aromatic heterocycles. The van der Waals surface area contributed by atoms with Crippen molar-refractivity contribution in [1.29, 1.82) is 0 Å². The Labute approximate surface area is 124 Å². The Hall–Kier alpha value is -1.49. The summed E-state index contributed by atoms with van der Waals surface area (Å²) in [6.07, 6.45) is 0.810. The Morgan fingerprint density at radius 2 is 2.15 bits per heavy atom. The van der Waals surface area contributed by atoms with Crippen LogP contribution in [-0.4, -0.2) is 35.4 Å². The number of carbonyl (C=O) groups excluding carboxylic acids is 1. The predicted molar refractivity (Wildman–Crippen MR) is 88.2 cm³/mol. The van der Waals surface area contributed by atoms with Gasteiger partial charge in [0.2, 0.25) is 0 Å². The van der Waals surface area contributed by atoms with Crippen molar-refractivity contribution in [3.8, 4) is 0 Å². The molecular formula is C14H19N3OSSi. The molecule has 0 saturated carbocycles. The molecule has 0 aliphatic rings. The molecule has 0 aliphatic heterocycles. The maximum absolute atomic E-state index is 11.5. The lowest BCUT2D eigenvalue weighted by Gasteiger charge is -2.15. The second kappa shape index (κ2) is 7.33. The van der Waals surface area contributed by atoms with E-state index in [0.29, 0.717) is 5.04 Å². The van der Waals surface area contributed by atoms with E-state index in [2.05, 4.69) is 29.4 Å². The first-order valence-corrected chi connectivity index (χ1v) is 11.0. The Balaban J connectivity index is 3.07. The molecule has 1 aromatic carbocycles. The normalized spacial score (nSPS) is 11.9. The van der Waals surface area contributed by atoms with E-state index < -0.39 is 14.0 Å². The summed E-state index contributed by atoms with van der Waals surface area (Å²) in [4.78, 5) is 18.3. The molecule has 0 atom stereocenters. The first-order valence-electron chi connectivity index (χ1n) is 6.32. The van der Waals surface area contributed by atoms with Crippen molar-refractivity contribution in [2.45, 2.75) is 26.6 Å². The molecule has 0 aliphatic carbocycles. The number of benzene rings is 1. The summed E-state index contributed by atoms with van der Waals surface area (Å²) < 4.78 is 0. The Morgan fingerprint density at radius 1 is 1.45 bits per heavy atom. The molecule has 6 heteroatoms. The number of aryl methyl sites for hydroxylation is 1. The highest BCUT2D eigenvalue weighted by Gasteiger charge is 2.17. The van der Waals surface area contributed by atoms with Crippen molar-refractivity contribution >= 4 is 37.0 Å². The van der Waals surface area contributed by atoms with Gasteiger partial charge in [-0.15, -0.1) is 11.8 Å². The monoisotopic (exact) mass is 305 g/mol. The second-order valence-electron chi connectivity index (χ2n) is 5.72. The van der Waals surface area contributed by atoms with Crippen LogP contribution in [0.25, 0.3) is 5.53 Å². The summed E-state index contributed by atoms with van der Waals surface area (Å²) in [5.41, 5.74) is 10.4. The van der Waals surface area contributed by atoms with Crippen molar-refractivity contribution in [3.05, 3.63) is 40.9 Å². The van der Waals surface area contributed by atoms with Crippen molar-refractivity contribution in [3.63, 3.8) is 0 Å². The molecule has 0 radical (unpaired) electrons. The van der Waals surface area contributed by atoms with Crippen LogP contribution in [0.15, 0.2) is 29.3 Å². The Morgan fingerprint density at radius 3 is 2.70 bits per heavy atom. The van der Waals surface area contributed by atoms with E-state index >= 15 is 0 Å². The summed E-state index contributed by atoms with van der Waals surface area (Å²) in [6.45, 7) is 8.81. The van der Waals surface area contributed by atoms with Crippen LogP contribution < -0.4 is 0 Å². The molecule has 106 valence electrons. The van der Waals surface area contributed by atoms with E-state index in [-0.39, 0.29) is 0 Å². The van der Waals surface area contributed by atoms with Gasteiger partial charge in [-0.3, -0.25) is 4.79 Å². The molecular weight excluding hydrogens is 286 g/mol. The quantitative estimate of drug-likeness (QED) is 0.282. The molecule has 0 saturated heterocycles. The number of carbonyl (C=O) groups is 1. The summed E-state index contributed by atoms with van der Waals surface area (Å²) in [7, 11) is -1.25. The molecule has 0 bridgehead atoms. The second-order valence-corrected chi connectivity index (χ2v) is 12.7. The van der Waals surface area contributed by atoms with Crippen LogP contribution in [0, 0.1) is 6.92 Å². The SMILES string of the molecule is Cc1cccc(C(=NC(=O)C=[N+]=[N-])SC[Si](C)(C)C)c1. The summed E-state index contributed by atoms with van der Waals surface area (Å²) in [6, 6.07) is 7.88. The summed E-state index contributed by atoms with van der Waals surface area (Å²) >= 11 is 1.59. The molecule has 0 heterocycles. The first-order chi connectivity index (χ1) is 9.31. The van der Waals surface area contributed by atoms with Crippen molar-refractivity contribution in [2.24, 2.45) is 4.99 Å². The van der Waals surface area contributed by atoms with E-state index in [0.717, 1.165) is 22.7 Å². The van der Waals surface area contributed by atoms with Gasteiger partial charge < -0.3 is 5.53 Å². The van der Waals surface area contributed by atoms with Gasteiger partial charge in [-0.05, 0) is 18.4 Å². The van der Waals surface area contributed by atoms with Gasteiger partial charge in [-0.2, -0.15) is 9.78 Å². The van der Waals surface area contributed by atoms with Crippen molar-refractivity contribution < 1.29 is 9.58 Å². The van der Waals surface area contributed by atoms with Gasteiger partial charge in [0, 0.05) is 5.56 Å². The minimum absolute atomic E-state index is 0.549. The molecule has 1 amide bonds. The molecule has 1 rings (SSSR count). The summed E-state index contributed by atoms with van der Waals surface area (Å²) in [5, 5.41) is 1.66. The minimum Gasteiger partial charge on any atom is -0.361 e. The topological polar surface area (TPSA) is 65.8 Å². The highest BCUT2D eigenvalue weighted by molar-refractivity contribution is 8.15. The average Bonchev–Trinajstić information content (AvgIpc) is 2.33. The van der Waals surface area contributed by atoms with Crippen molar-refractivity contribution in [2.75, 3.05) is 5.38 Å². The van der Waals surface area contributed by atoms with Gasteiger partial charge in [0.25, 0.3) is 0 Å². The van der Waals surface area contributed by atoms with Gasteiger partial charge in [-0.25, -0.2) is 0 Å². The fourth-order valence-corrected chi connectivity index (χ4v) is 4.15. The average molecular weight is 305 g/mol. The number of hydrogen-bond acceptors (Lipinski definition) is 2. The molecule has 4 nitrogen and oxygen atoms in total. The molecule has 0 spiro atoms. The van der Waals surface area contributed by atoms with Gasteiger partial charge in [-0.1, -0.05) is 43.4 Å². The van der Waals surface area contributed by atoms with Crippen LogP contribution in [0.5, 0.6) is 0 Å². The third-order valence-electron chi connectivity index (χ3n) is 2.29. The molecule has 1 aromatic rings. The molecule has 0 fully saturated rings. The highest BCUT2D eigenvalue weighted by atomic mass is 32.2. The zero-order valence-electron chi connectivity index (χ0n) is 12.3. The predicted octanol–water partition coefficient (Wildman–Crippen LogP) is 3.18. The van der Waals surface area contributed by atoms with Gasteiger partial charge >= 0.3 is 12.1 Å². The van der Waals surface area contributed by atoms with E-state index in [9.17, 15) is 4.79 Å². The van der Waals surface area contributed by atoms with Crippen LogP contribution in [0.2, 0.25) is 19.6 Å². The van der Waals surface area contributed by atoms with E-state index in [4.69, 9.17) is 5.53 Å². The zero-order valence-corrected chi connectivity index (χ0v) is 14.1. The number of aliphatic imine (C=N–C) groups is 1. The van der Waals surface area contributed by atoms with Gasteiger partial charge in [0.05, 0.1) is 8.07 Å². The van der Waals surface area contributed by atoms with Crippen molar-refractivity contribution in [1.82, 2.24) is 0 Å². The fourth-order valence-electron chi connectivity index (χ4n) is 1.42. The van der Waals surface area contributed by atoms with E-state index in [1.807, 2.05) is 31.2 Å². The third kappa shape index (κ3) is 6.10. The third-order valence-corrected chi connectivity index (χ3v) is 6.93. The minimum atomic E-state index is -1.25. The zero-order chi connectivity index (χ0) is 15.2. The van der Waals surface area contributed by atoms with E-state index in [1.165, 1.54) is 0 Å². The summed E-state index contributed by atoms with van der Waals surface area (Å²) in [5.74, 6) is -0.549. The molecule has 0 N–H and O–H groups in total. The molecule has 0 unspecified atom stereocenters. The van der Waals surface area contributed by atoms with Gasteiger partial charge in [0.1, 0.15) is 5.04 Å². The van der Waals surface area contributed by atoms with Crippen LogP contribution in [-0.2, 0) is 4.79 Å². The van der Waals surface area contributed by atoms with E-state index in [1.54, 1.807) is 11.8 Å². The largest absolute Gasteiger partial charge is 0.361 e. The Bertz CT molecular complexity index is 572.